The van der Waals surface area contributed by atoms with Crippen LogP contribution in [-0.2, 0) is 4.74 Å². The Balaban J connectivity index is 1.66. The first-order valence-corrected chi connectivity index (χ1v) is 10.8. The average molecular weight is 470 g/mol. The molecule has 1 aliphatic heterocycles. The minimum atomic E-state index is -0.582. The molecule has 4 rings (SSSR count). The highest BCUT2D eigenvalue weighted by Gasteiger charge is 2.31. The average Bonchev–Trinajstić information content (AvgIpc) is 2.88. The standard InChI is InChI=1S/C27H22N2O6/c1-3-33-22-7-5-4-6-20(22)27(31)34-18-12-13-19-23(14-18)35-25(29)21(15-28)24(19)16-8-10-17(11-9-16)26(30)32-2/h4-14,24H,3,29H2,1-2H3. The molecule has 3 aromatic rings. The molecule has 8 heteroatoms. The summed E-state index contributed by atoms with van der Waals surface area (Å²) in [4.78, 5) is 24.6. The van der Waals surface area contributed by atoms with E-state index in [1.807, 2.05) is 6.92 Å². The van der Waals surface area contributed by atoms with Gasteiger partial charge in [0.15, 0.2) is 0 Å². The quantitative estimate of drug-likeness (QED) is 0.418. The van der Waals surface area contributed by atoms with Crippen molar-refractivity contribution in [1.29, 1.82) is 5.26 Å². The number of nitriles is 1. The Morgan fingerprint density at radius 3 is 2.49 bits per heavy atom. The molecule has 2 N–H and O–H groups in total. The summed E-state index contributed by atoms with van der Waals surface area (Å²) in [6, 6.07) is 20.5. The molecule has 1 atom stereocenters. The van der Waals surface area contributed by atoms with Crippen molar-refractivity contribution < 1.29 is 28.5 Å². The van der Waals surface area contributed by atoms with E-state index >= 15 is 0 Å². The Morgan fingerprint density at radius 2 is 1.80 bits per heavy atom. The van der Waals surface area contributed by atoms with Gasteiger partial charge in [-0.25, -0.2) is 9.59 Å². The van der Waals surface area contributed by atoms with Gasteiger partial charge in [-0.15, -0.1) is 0 Å². The van der Waals surface area contributed by atoms with Crippen LogP contribution in [0.3, 0.4) is 0 Å². The highest BCUT2D eigenvalue weighted by Crippen LogP contribution is 2.43. The van der Waals surface area contributed by atoms with Crippen molar-refractivity contribution in [3.8, 4) is 23.3 Å². The maximum Gasteiger partial charge on any atom is 0.347 e. The lowest BCUT2D eigenvalue weighted by Gasteiger charge is -2.26. The van der Waals surface area contributed by atoms with Gasteiger partial charge in [-0.1, -0.05) is 30.3 Å². The molecule has 0 radical (unpaired) electrons. The molecule has 0 spiro atoms. The Labute approximate surface area is 202 Å². The minimum Gasteiger partial charge on any atom is -0.493 e. The molecular formula is C27H22N2O6. The first-order valence-electron chi connectivity index (χ1n) is 10.8. The number of carbonyl (C=O) groups excluding carboxylic acids is 2. The number of methoxy groups -OCH3 is 1. The van der Waals surface area contributed by atoms with Gasteiger partial charge in [0.05, 0.1) is 25.2 Å². The Morgan fingerprint density at radius 1 is 1.06 bits per heavy atom. The first-order chi connectivity index (χ1) is 17.0. The molecule has 176 valence electrons. The molecule has 0 fully saturated rings. The smallest absolute Gasteiger partial charge is 0.347 e. The van der Waals surface area contributed by atoms with Crippen LogP contribution >= 0.6 is 0 Å². The summed E-state index contributed by atoms with van der Waals surface area (Å²) in [5.74, 6) is -0.598. The summed E-state index contributed by atoms with van der Waals surface area (Å²) in [7, 11) is 1.31. The summed E-state index contributed by atoms with van der Waals surface area (Å²) >= 11 is 0. The SMILES string of the molecule is CCOc1ccccc1C(=O)Oc1ccc2c(c1)OC(N)=C(C#N)C2c1ccc(C(=O)OC)cc1. The second kappa shape index (κ2) is 10.0. The Kier molecular flexibility index (Phi) is 6.69. The van der Waals surface area contributed by atoms with E-state index in [2.05, 4.69) is 6.07 Å². The van der Waals surface area contributed by atoms with Gasteiger partial charge in [0, 0.05) is 11.6 Å². The van der Waals surface area contributed by atoms with Crippen molar-refractivity contribution in [2.24, 2.45) is 5.73 Å². The van der Waals surface area contributed by atoms with Gasteiger partial charge in [-0.2, -0.15) is 5.26 Å². The third-order valence-corrected chi connectivity index (χ3v) is 5.47. The number of hydrogen-bond acceptors (Lipinski definition) is 8. The van der Waals surface area contributed by atoms with Crippen molar-refractivity contribution in [1.82, 2.24) is 0 Å². The predicted molar refractivity (Wildman–Crippen MR) is 126 cm³/mol. The molecule has 3 aromatic carbocycles. The second-order valence-corrected chi connectivity index (χ2v) is 7.56. The molecule has 0 saturated carbocycles. The van der Waals surface area contributed by atoms with E-state index < -0.39 is 17.9 Å². The van der Waals surface area contributed by atoms with Crippen LogP contribution in [0.1, 0.15) is 44.7 Å². The van der Waals surface area contributed by atoms with E-state index in [4.69, 9.17) is 24.7 Å². The number of rotatable bonds is 6. The van der Waals surface area contributed by atoms with E-state index in [9.17, 15) is 14.9 Å². The minimum absolute atomic E-state index is 0.0489. The third kappa shape index (κ3) is 4.66. The molecule has 1 unspecified atom stereocenters. The number of fused-ring (bicyclic) bond motifs is 1. The number of esters is 2. The summed E-state index contributed by atoms with van der Waals surface area (Å²) in [5, 5.41) is 9.75. The van der Waals surface area contributed by atoms with Crippen LogP contribution < -0.4 is 19.9 Å². The lowest BCUT2D eigenvalue weighted by Crippen LogP contribution is -2.21. The van der Waals surface area contributed by atoms with Crippen LogP contribution in [0.4, 0.5) is 0 Å². The number of hydrogen-bond donors (Lipinski definition) is 1. The van der Waals surface area contributed by atoms with Crippen molar-refractivity contribution in [2.45, 2.75) is 12.8 Å². The molecule has 0 aliphatic carbocycles. The van der Waals surface area contributed by atoms with Crippen LogP contribution in [0.25, 0.3) is 0 Å². The van der Waals surface area contributed by atoms with Crippen LogP contribution in [-0.4, -0.2) is 25.7 Å². The largest absolute Gasteiger partial charge is 0.493 e. The van der Waals surface area contributed by atoms with Crippen LogP contribution in [0.5, 0.6) is 17.2 Å². The second-order valence-electron chi connectivity index (χ2n) is 7.56. The van der Waals surface area contributed by atoms with E-state index in [-0.39, 0.29) is 17.2 Å². The molecule has 1 heterocycles. The van der Waals surface area contributed by atoms with Gasteiger partial charge in [0.1, 0.15) is 34.5 Å². The lowest BCUT2D eigenvalue weighted by atomic mass is 9.83. The first kappa shape index (κ1) is 23.4. The zero-order valence-electron chi connectivity index (χ0n) is 19.1. The topological polar surface area (TPSA) is 121 Å². The van der Waals surface area contributed by atoms with E-state index in [0.717, 1.165) is 5.56 Å². The zero-order chi connectivity index (χ0) is 24.9. The fourth-order valence-corrected chi connectivity index (χ4v) is 3.85. The van der Waals surface area contributed by atoms with Gasteiger partial charge in [-0.3, -0.25) is 0 Å². The fraction of sp³-hybridized carbons (Fsp3) is 0.148. The highest BCUT2D eigenvalue weighted by molar-refractivity contribution is 5.94. The zero-order valence-corrected chi connectivity index (χ0v) is 19.1. The molecule has 0 bridgehead atoms. The third-order valence-electron chi connectivity index (χ3n) is 5.47. The van der Waals surface area contributed by atoms with Gasteiger partial charge < -0.3 is 24.7 Å². The number of nitrogens with zero attached hydrogens (tertiary/aromatic N) is 1. The summed E-state index contributed by atoms with van der Waals surface area (Å²) in [6.07, 6.45) is 0. The van der Waals surface area contributed by atoms with Gasteiger partial charge in [0.25, 0.3) is 0 Å². The van der Waals surface area contributed by atoms with Crippen LogP contribution in [0, 0.1) is 11.3 Å². The van der Waals surface area contributed by atoms with Gasteiger partial charge >= 0.3 is 11.9 Å². The van der Waals surface area contributed by atoms with E-state index in [0.29, 0.717) is 34.8 Å². The van der Waals surface area contributed by atoms with Crippen LogP contribution in [0.2, 0.25) is 0 Å². The number of carbonyl (C=O) groups is 2. The molecule has 8 nitrogen and oxygen atoms in total. The van der Waals surface area contributed by atoms with Crippen molar-refractivity contribution in [3.05, 3.63) is 100 Å². The number of para-hydroxylation sites is 1. The Hall–Kier alpha value is -4.77. The molecule has 0 aromatic heterocycles. The van der Waals surface area contributed by atoms with Crippen molar-refractivity contribution in [3.63, 3.8) is 0 Å². The van der Waals surface area contributed by atoms with Crippen molar-refractivity contribution >= 4 is 11.9 Å². The van der Waals surface area contributed by atoms with Gasteiger partial charge in [-0.05, 0) is 42.8 Å². The predicted octanol–water partition coefficient (Wildman–Crippen LogP) is 4.31. The van der Waals surface area contributed by atoms with Crippen LogP contribution in [0.15, 0.2) is 78.2 Å². The normalized spacial score (nSPS) is 14.3. The summed E-state index contributed by atoms with van der Waals surface area (Å²) in [6.45, 7) is 2.24. The monoisotopic (exact) mass is 470 g/mol. The Bertz CT molecular complexity index is 1350. The maximum atomic E-state index is 12.8. The van der Waals surface area contributed by atoms with E-state index in [1.165, 1.54) is 7.11 Å². The summed E-state index contributed by atoms with van der Waals surface area (Å²) < 4.78 is 21.5. The van der Waals surface area contributed by atoms with Gasteiger partial charge in [0.2, 0.25) is 5.88 Å². The molecule has 1 aliphatic rings. The lowest BCUT2D eigenvalue weighted by molar-refractivity contribution is 0.0600. The number of benzene rings is 3. The maximum absolute atomic E-state index is 12.8. The van der Waals surface area contributed by atoms with E-state index in [1.54, 1.807) is 66.7 Å². The number of nitrogens with two attached hydrogens (primary N) is 1. The van der Waals surface area contributed by atoms with Crippen molar-refractivity contribution in [2.75, 3.05) is 13.7 Å². The molecule has 0 saturated heterocycles. The molecule has 0 amide bonds. The number of ether oxygens (including phenoxy) is 4. The fourth-order valence-electron chi connectivity index (χ4n) is 3.85. The summed E-state index contributed by atoms with van der Waals surface area (Å²) in [5.41, 5.74) is 8.37. The highest BCUT2D eigenvalue weighted by atomic mass is 16.5. The number of allylic oxidation sites excluding steroid dienone is 1. The molecule has 35 heavy (non-hydrogen) atoms. The molecular weight excluding hydrogens is 448 g/mol.